The van der Waals surface area contributed by atoms with Gasteiger partial charge in [0.1, 0.15) is 5.84 Å². The minimum Gasteiger partial charge on any atom is -0.370 e. The Hall–Kier alpha value is -1.35. The topological polar surface area (TPSA) is 24.4 Å². The first-order valence-corrected chi connectivity index (χ1v) is 11.7. The van der Waals surface area contributed by atoms with E-state index in [0.717, 1.165) is 18.3 Å². The fourth-order valence-electron chi connectivity index (χ4n) is 4.27. The molecule has 0 amide bonds. The van der Waals surface area contributed by atoms with Crippen LogP contribution in [0.4, 0.5) is 0 Å². The van der Waals surface area contributed by atoms with E-state index >= 15 is 0 Å². The van der Waals surface area contributed by atoms with Crippen LogP contribution < -0.4 is 5.32 Å². The third-order valence-corrected chi connectivity index (χ3v) is 6.91. The number of hydrogen-bond acceptors (Lipinski definition) is 1. The van der Waals surface area contributed by atoms with E-state index in [1.54, 1.807) is 0 Å². The van der Waals surface area contributed by atoms with E-state index < -0.39 is 0 Å². The minimum absolute atomic E-state index is 0.676. The molecule has 1 aliphatic rings. The number of amidine groups is 1. The highest BCUT2D eigenvalue weighted by Crippen LogP contribution is 2.31. The van der Waals surface area contributed by atoms with Gasteiger partial charge in [0.25, 0.3) is 0 Å². The van der Waals surface area contributed by atoms with Crippen molar-refractivity contribution < 1.29 is 0 Å². The summed E-state index contributed by atoms with van der Waals surface area (Å²) < 4.78 is 0. The van der Waals surface area contributed by atoms with Crippen LogP contribution in [-0.4, -0.2) is 23.8 Å². The van der Waals surface area contributed by atoms with Crippen molar-refractivity contribution in [2.75, 3.05) is 13.1 Å². The molecule has 1 fully saturated rings. The van der Waals surface area contributed by atoms with Crippen LogP contribution in [0.15, 0.2) is 40.9 Å². The lowest BCUT2D eigenvalue weighted by Crippen LogP contribution is -2.31. The van der Waals surface area contributed by atoms with E-state index in [1.165, 1.54) is 59.9 Å². The smallest absolute Gasteiger partial charge is 0.129 e. The van der Waals surface area contributed by atoms with Crippen LogP contribution in [-0.2, 0) is 0 Å². The Kier molecular flexibility index (Phi) is 9.50. The molecular formula is C25H37BrN2. The zero-order chi connectivity index (χ0) is 20.5. The monoisotopic (exact) mass is 444 g/mol. The molecule has 2 nitrogen and oxygen atoms in total. The minimum atomic E-state index is 0.676. The van der Waals surface area contributed by atoms with Gasteiger partial charge in [0, 0.05) is 16.9 Å². The number of aliphatic imine (C=N–C) groups is 1. The van der Waals surface area contributed by atoms with Gasteiger partial charge in [0.2, 0.25) is 0 Å². The first-order chi connectivity index (χ1) is 13.5. The molecule has 154 valence electrons. The number of halogens is 1. The maximum atomic E-state index is 5.01. The molecule has 1 N–H and O–H groups in total. The lowest BCUT2D eigenvalue weighted by atomic mass is 9.87. The molecular weight excluding hydrogens is 408 g/mol. The van der Waals surface area contributed by atoms with Crippen molar-refractivity contribution in [3.8, 4) is 0 Å². The normalized spacial score (nSPS) is 21.4. The van der Waals surface area contributed by atoms with E-state index in [9.17, 15) is 0 Å². The van der Waals surface area contributed by atoms with Crippen LogP contribution in [0.3, 0.4) is 0 Å². The van der Waals surface area contributed by atoms with Gasteiger partial charge in [-0.1, -0.05) is 64.7 Å². The summed E-state index contributed by atoms with van der Waals surface area (Å²) in [6.07, 6.45) is 13.0. The maximum Gasteiger partial charge on any atom is 0.129 e. The van der Waals surface area contributed by atoms with Gasteiger partial charge in [0.15, 0.2) is 0 Å². The van der Waals surface area contributed by atoms with Crippen molar-refractivity contribution in [1.82, 2.24) is 5.32 Å². The third kappa shape index (κ3) is 6.62. The fourth-order valence-corrected chi connectivity index (χ4v) is 5.12. The van der Waals surface area contributed by atoms with E-state index in [-0.39, 0.29) is 0 Å². The van der Waals surface area contributed by atoms with Gasteiger partial charge in [-0.15, -0.1) is 0 Å². The molecule has 2 unspecified atom stereocenters. The van der Waals surface area contributed by atoms with Gasteiger partial charge >= 0.3 is 0 Å². The Labute approximate surface area is 180 Å². The number of nitrogens with zero attached hydrogens (tertiary/aromatic N) is 1. The average Bonchev–Trinajstić information content (AvgIpc) is 2.65. The molecule has 1 saturated carbocycles. The zero-order valence-electron chi connectivity index (χ0n) is 18.3. The van der Waals surface area contributed by atoms with Crippen molar-refractivity contribution in [3.05, 3.63) is 58.2 Å². The number of rotatable bonds is 7. The Bertz CT molecular complexity index is 707. The number of benzene rings is 1. The summed E-state index contributed by atoms with van der Waals surface area (Å²) in [5.41, 5.74) is 6.42. The van der Waals surface area contributed by atoms with Crippen LogP contribution >= 0.6 is 15.9 Å². The zero-order valence-corrected chi connectivity index (χ0v) is 19.9. The van der Waals surface area contributed by atoms with Gasteiger partial charge < -0.3 is 5.32 Å². The lowest BCUT2D eigenvalue weighted by Gasteiger charge is -2.27. The van der Waals surface area contributed by atoms with Gasteiger partial charge in [0.05, 0.1) is 6.54 Å². The summed E-state index contributed by atoms with van der Waals surface area (Å²) in [6, 6.07) is 4.52. The third-order valence-electron chi connectivity index (χ3n) is 5.71. The van der Waals surface area contributed by atoms with Crippen molar-refractivity contribution in [3.63, 3.8) is 0 Å². The Morgan fingerprint density at radius 3 is 2.43 bits per heavy atom. The molecule has 0 aliphatic heterocycles. The number of hydrogen-bond donors (Lipinski definition) is 1. The highest BCUT2D eigenvalue weighted by molar-refractivity contribution is 9.09. The summed E-state index contributed by atoms with van der Waals surface area (Å²) in [4.78, 5) is 5.69. The molecule has 1 aromatic carbocycles. The SMILES string of the molecule is C/C=C\C(=C/C)CN=C(NCCC1CCCCC1Br)c1c(C)cc(C)cc1C. The molecule has 1 aromatic rings. The predicted octanol–water partition coefficient (Wildman–Crippen LogP) is 6.81. The second kappa shape index (κ2) is 11.6. The Morgan fingerprint density at radius 2 is 1.82 bits per heavy atom. The van der Waals surface area contributed by atoms with Gasteiger partial charge in [-0.2, -0.15) is 0 Å². The second-order valence-corrected chi connectivity index (χ2v) is 9.25. The van der Waals surface area contributed by atoms with Crippen molar-refractivity contribution >= 4 is 21.8 Å². The first kappa shape index (κ1) is 22.9. The summed E-state index contributed by atoms with van der Waals surface area (Å²) in [6.45, 7) is 12.4. The molecule has 0 radical (unpaired) electrons. The summed E-state index contributed by atoms with van der Waals surface area (Å²) in [5.74, 6) is 1.82. The quantitative estimate of drug-likeness (QED) is 0.212. The molecule has 3 heteroatoms. The average molecular weight is 445 g/mol. The van der Waals surface area contributed by atoms with E-state index in [2.05, 4.69) is 86.2 Å². The van der Waals surface area contributed by atoms with Gasteiger partial charge in [-0.3, -0.25) is 4.99 Å². The number of allylic oxidation sites excluding steroid dienone is 2. The molecule has 28 heavy (non-hydrogen) atoms. The number of aryl methyl sites for hydroxylation is 3. The molecule has 0 aromatic heterocycles. The van der Waals surface area contributed by atoms with E-state index in [4.69, 9.17) is 4.99 Å². The van der Waals surface area contributed by atoms with Gasteiger partial charge in [-0.05, 0) is 76.5 Å². The molecule has 2 rings (SSSR count). The standard InChI is InChI=1S/C25H37BrN2/c1-6-10-21(7-2)17-28-25(24-19(4)15-18(3)16-20(24)5)27-14-13-22-11-8-9-12-23(22)26/h6-7,10,15-16,22-23H,8-9,11-14,17H2,1-5H3,(H,27,28)/b10-6-,21-7+. The van der Waals surface area contributed by atoms with Crippen LogP contribution in [0.2, 0.25) is 0 Å². The lowest BCUT2D eigenvalue weighted by molar-refractivity contribution is 0.355. The van der Waals surface area contributed by atoms with Crippen LogP contribution in [0, 0.1) is 26.7 Å². The van der Waals surface area contributed by atoms with Gasteiger partial charge in [-0.25, -0.2) is 0 Å². The van der Waals surface area contributed by atoms with Crippen molar-refractivity contribution in [2.45, 2.75) is 71.5 Å². The Morgan fingerprint density at radius 1 is 1.14 bits per heavy atom. The second-order valence-electron chi connectivity index (χ2n) is 8.08. The number of alkyl halides is 1. The largest absolute Gasteiger partial charge is 0.370 e. The predicted molar refractivity (Wildman–Crippen MR) is 128 cm³/mol. The molecule has 1 aliphatic carbocycles. The maximum absolute atomic E-state index is 5.01. The summed E-state index contributed by atoms with van der Waals surface area (Å²) >= 11 is 3.90. The molecule has 0 spiro atoms. The van der Waals surface area contributed by atoms with Crippen LogP contribution in [0.5, 0.6) is 0 Å². The van der Waals surface area contributed by atoms with Crippen LogP contribution in [0.25, 0.3) is 0 Å². The summed E-state index contributed by atoms with van der Waals surface area (Å²) in [5, 5.41) is 3.70. The van der Waals surface area contributed by atoms with E-state index in [1.807, 2.05) is 0 Å². The molecule has 0 saturated heterocycles. The number of nitrogens with one attached hydrogen (secondary N) is 1. The van der Waals surface area contributed by atoms with Crippen molar-refractivity contribution in [2.24, 2.45) is 10.9 Å². The first-order valence-electron chi connectivity index (χ1n) is 10.7. The fraction of sp³-hybridized carbons (Fsp3) is 0.560. The van der Waals surface area contributed by atoms with Crippen molar-refractivity contribution in [1.29, 1.82) is 0 Å². The highest BCUT2D eigenvalue weighted by atomic mass is 79.9. The molecule has 0 bridgehead atoms. The molecule has 2 atom stereocenters. The summed E-state index contributed by atoms with van der Waals surface area (Å²) in [7, 11) is 0. The van der Waals surface area contributed by atoms with Crippen LogP contribution in [0.1, 0.15) is 68.2 Å². The molecule has 0 heterocycles. The highest BCUT2D eigenvalue weighted by Gasteiger charge is 2.22. The van der Waals surface area contributed by atoms with E-state index in [0.29, 0.717) is 11.4 Å². The Balaban J connectivity index is 2.19.